The molecular weight excluding hydrogens is 230 g/mol. The molecule has 0 aromatic carbocycles. The molecule has 84 valence electrons. The topological polar surface area (TPSA) is 45.8 Å². The fraction of sp³-hybridized carbons (Fsp3) is 0.333. The second-order valence-electron chi connectivity index (χ2n) is 2.49. The van der Waals surface area contributed by atoms with Crippen LogP contribution in [-0.4, -0.2) is 22.2 Å². The zero-order valence-corrected chi connectivity index (χ0v) is 6.70. The molecule has 1 rings (SSSR count). The van der Waals surface area contributed by atoms with Crippen molar-refractivity contribution in [1.29, 1.82) is 0 Å². The molecule has 15 heavy (non-hydrogen) atoms. The Bertz CT molecular complexity index is 376. The van der Waals surface area contributed by atoms with Crippen LogP contribution in [-0.2, 0) is 6.18 Å². The second-order valence-corrected chi connectivity index (χ2v) is 2.49. The number of aromatic amines is 1. The SMILES string of the molecule is O=C(c1cc(C(F)(F)F)[nH]n1)C(F)(F)F. The van der Waals surface area contributed by atoms with Crippen LogP contribution in [0.15, 0.2) is 6.07 Å². The van der Waals surface area contributed by atoms with E-state index in [-0.39, 0.29) is 6.07 Å². The molecule has 0 fully saturated rings. The number of carbonyl (C=O) groups is 1. The zero-order valence-electron chi connectivity index (χ0n) is 6.70. The Kier molecular flexibility index (Phi) is 2.49. The first-order chi connectivity index (χ1) is 6.62. The number of H-pyrrole nitrogens is 1. The van der Waals surface area contributed by atoms with E-state index in [9.17, 15) is 31.1 Å². The maximum atomic E-state index is 11.9. The van der Waals surface area contributed by atoms with Crippen molar-refractivity contribution in [3.05, 3.63) is 17.5 Å². The van der Waals surface area contributed by atoms with E-state index < -0.39 is 29.5 Å². The van der Waals surface area contributed by atoms with Gasteiger partial charge in [-0.3, -0.25) is 9.89 Å². The van der Waals surface area contributed by atoms with Gasteiger partial charge in [-0.2, -0.15) is 31.4 Å². The first-order valence-electron chi connectivity index (χ1n) is 3.36. The highest BCUT2D eigenvalue weighted by Gasteiger charge is 2.42. The number of hydrogen-bond donors (Lipinski definition) is 1. The third-order valence-electron chi connectivity index (χ3n) is 1.37. The van der Waals surface area contributed by atoms with Crippen molar-refractivity contribution in [3.8, 4) is 0 Å². The van der Waals surface area contributed by atoms with Gasteiger partial charge in [-0.15, -0.1) is 0 Å². The third kappa shape index (κ3) is 2.48. The molecule has 0 bridgehead atoms. The van der Waals surface area contributed by atoms with E-state index in [0.717, 1.165) is 0 Å². The minimum atomic E-state index is -5.24. The molecule has 0 aliphatic rings. The Balaban J connectivity index is 3.01. The lowest BCUT2D eigenvalue weighted by molar-refractivity contribution is -0.141. The summed E-state index contributed by atoms with van der Waals surface area (Å²) in [6.45, 7) is 0. The third-order valence-corrected chi connectivity index (χ3v) is 1.37. The van der Waals surface area contributed by atoms with Crippen molar-refractivity contribution in [2.24, 2.45) is 0 Å². The number of rotatable bonds is 1. The Hall–Kier alpha value is -1.54. The number of hydrogen-bond acceptors (Lipinski definition) is 2. The number of nitrogens with zero attached hydrogens (tertiary/aromatic N) is 1. The molecule has 3 nitrogen and oxygen atoms in total. The van der Waals surface area contributed by atoms with Gasteiger partial charge in [0.2, 0.25) is 0 Å². The summed E-state index contributed by atoms with van der Waals surface area (Å²) in [5.41, 5.74) is -2.81. The molecule has 0 unspecified atom stereocenters. The minimum absolute atomic E-state index is 0.00975. The molecule has 0 atom stereocenters. The average Bonchev–Trinajstić information content (AvgIpc) is 2.47. The summed E-state index contributed by atoms with van der Waals surface area (Å²) in [4.78, 5) is 10.4. The summed E-state index contributed by atoms with van der Waals surface area (Å²) in [7, 11) is 0. The van der Waals surface area contributed by atoms with Crippen LogP contribution in [0.2, 0.25) is 0 Å². The first kappa shape index (κ1) is 11.5. The van der Waals surface area contributed by atoms with Gasteiger partial charge in [0, 0.05) is 0 Å². The molecule has 9 heteroatoms. The second kappa shape index (κ2) is 3.24. The fourth-order valence-electron chi connectivity index (χ4n) is 0.728. The smallest absolute Gasteiger partial charge is 0.282 e. The minimum Gasteiger partial charge on any atom is -0.282 e. The summed E-state index contributed by atoms with van der Waals surface area (Å²) < 4.78 is 71.0. The Morgan fingerprint density at radius 1 is 1.20 bits per heavy atom. The van der Waals surface area contributed by atoms with E-state index in [1.807, 2.05) is 0 Å². The molecule has 0 aliphatic carbocycles. The number of ketones is 1. The Morgan fingerprint density at radius 2 is 1.73 bits per heavy atom. The average molecular weight is 232 g/mol. The van der Waals surface area contributed by atoms with Crippen LogP contribution in [0.25, 0.3) is 0 Å². The van der Waals surface area contributed by atoms with Gasteiger partial charge in [0.15, 0.2) is 0 Å². The van der Waals surface area contributed by atoms with Gasteiger partial charge in [0.25, 0.3) is 5.78 Å². The predicted octanol–water partition coefficient (Wildman–Crippen LogP) is 2.17. The van der Waals surface area contributed by atoms with E-state index in [2.05, 4.69) is 5.10 Å². The van der Waals surface area contributed by atoms with Gasteiger partial charge in [0.05, 0.1) is 0 Å². The van der Waals surface area contributed by atoms with Crippen molar-refractivity contribution in [2.45, 2.75) is 12.4 Å². The molecule has 0 aliphatic heterocycles. The van der Waals surface area contributed by atoms with Gasteiger partial charge >= 0.3 is 12.4 Å². The lowest BCUT2D eigenvalue weighted by atomic mass is 10.2. The normalized spacial score (nSPS) is 12.9. The molecule has 1 aromatic rings. The molecule has 0 saturated carbocycles. The molecule has 0 spiro atoms. The Labute approximate surface area is 78.1 Å². The Morgan fingerprint density at radius 3 is 2.07 bits per heavy atom. The highest BCUT2D eigenvalue weighted by Crippen LogP contribution is 2.29. The fourth-order valence-corrected chi connectivity index (χ4v) is 0.728. The van der Waals surface area contributed by atoms with Crippen molar-refractivity contribution < 1.29 is 31.1 Å². The van der Waals surface area contributed by atoms with Gasteiger partial charge < -0.3 is 0 Å². The molecular formula is C6H2F6N2O. The first-order valence-corrected chi connectivity index (χ1v) is 3.36. The largest absolute Gasteiger partial charge is 0.456 e. The number of halogens is 6. The van der Waals surface area contributed by atoms with Gasteiger partial charge in [-0.1, -0.05) is 0 Å². The van der Waals surface area contributed by atoms with Crippen molar-refractivity contribution in [3.63, 3.8) is 0 Å². The molecule has 1 N–H and O–H groups in total. The van der Waals surface area contributed by atoms with E-state index in [1.54, 1.807) is 0 Å². The summed E-state index contributed by atoms with van der Waals surface area (Å²) in [6.07, 6.45) is -10.1. The summed E-state index contributed by atoms with van der Waals surface area (Å²) in [5, 5.41) is 3.94. The molecule has 0 amide bonds. The van der Waals surface area contributed by atoms with Crippen molar-refractivity contribution in [1.82, 2.24) is 10.2 Å². The van der Waals surface area contributed by atoms with Gasteiger partial charge in [-0.25, -0.2) is 0 Å². The van der Waals surface area contributed by atoms with E-state index >= 15 is 0 Å². The van der Waals surface area contributed by atoms with E-state index in [4.69, 9.17) is 0 Å². The highest BCUT2D eigenvalue weighted by atomic mass is 19.4. The van der Waals surface area contributed by atoms with Gasteiger partial charge in [-0.05, 0) is 6.07 Å². The van der Waals surface area contributed by atoms with Crippen LogP contribution < -0.4 is 0 Å². The quantitative estimate of drug-likeness (QED) is 0.595. The van der Waals surface area contributed by atoms with Crippen LogP contribution in [0.4, 0.5) is 26.3 Å². The summed E-state index contributed by atoms with van der Waals surface area (Å²) >= 11 is 0. The van der Waals surface area contributed by atoms with Crippen molar-refractivity contribution in [2.75, 3.05) is 0 Å². The van der Waals surface area contributed by atoms with Crippen LogP contribution in [0.5, 0.6) is 0 Å². The monoisotopic (exact) mass is 232 g/mol. The zero-order chi connectivity index (χ0) is 11.9. The highest BCUT2D eigenvalue weighted by molar-refractivity contribution is 5.98. The van der Waals surface area contributed by atoms with E-state index in [0.29, 0.717) is 0 Å². The van der Waals surface area contributed by atoms with Crippen LogP contribution in [0, 0.1) is 0 Å². The predicted molar refractivity (Wildman–Crippen MR) is 34.0 cm³/mol. The van der Waals surface area contributed by atoms with Crippen molar-refractivity contribution >= 4 is 5.78 Å². The summed E-state index contributed by atoms with van der Waals surface area (Å²) in [6, 6.07) is 0.00975. The van der Waals surface area contributed by atoms with E-state index in [1.165, 1.54) is 5.10 Å². The van der Waals surface area contributed by atoms with Gasteiger partial charge in [0.1, 0.15) is 11.4 Å². The standard InChI is InChI=1S/C6H2F6N2O/c7-5(8,9)3-1-2(13-14-3)4(15)6(10,11)12/h1H,(H,13,14). The van der Waals surface area contributed by atoms with Crippen LogP contribution in [0.3, 0.4) is 0 Å². The van der Waals surface area contributed by atoms with Crippen LogP contribution in [0.1, 0.15) is 16.2 Å². The maximum absolute atomic E-state index is 11.9. The lowest BCUT2D eigenvalue weighted by Crippen LogP contribution is -2.23. The number of Topliss-reactive ketones (excluding diaryl/α,β-unsaturated/α-hetero) is 1. The molecule has 1 aromatic heterocycles. The van der Waals surface area contributed by atoms with Crippen LogP contribution >= 0.6 is 0 Å². The summed E-state index contributed by atoms with van der Waals surface area (Å²) in [5.74, 6) is -2.42. The number of carbonyl (C=O) groups excluding carboxylic acids is 1. The maximum Gasteiger partial charge on any atom is 0.456 e. The molecule has 0 radical (unpaired) electrons. The molecule has 1 heterocycles. The number of alkyl halides is 6. The lowest BCUT2D eigenvalue weighted by Gasteiger charge is -2.01. The number of nitrogens with one attached hydrogen (secondary N) is 1. The molecule has 0 saturated heterocycles. The number of aromatic nitrogens is 2.